The van der Waals surface area contributed by atoms with Crippen molar-refractivity contribution in [1.82, 2.24) is 4.90 Å². The molecule has 2 fully saturated rings. The van der Waals surface area contributed by atoms with Gasteiger partial charge < -0.3 is 19.5 Å². The minimum Gasteiger partial charge on any atom is -0.479 e. The topological polar surface area (TPSA) is 76.1 Å². The van der Waals surface area contributed by atoms with E-state index >= 15 is 0 Å². The molecular formula is C14H23NO5. The van der Waals surface area contributed by atoms with Gasteiger partial charge in [-0.05, 0) is 18.8 Å². The summed E-state index contributed by atoms with van der Waals surface area (Å²) in [5.74, 6) is -0.508. The van der Waals surface area contributed by atoms with Crippen LogP contribution in [0.5, 0.6) is 0 Å². The van der Waals surface area contributed by atoms with Gasteiger partial charge in [-0.25, -0.2) is 4.79 Å². The summed E-state index contributed by atoms with van der Waals surface area (Å²) >= 11 is 0. The number of rotatable bonds is 4. The summed E-state index contributed by atoms with van der Waals surface area (Å²) in [6, 6.07) is 0. The van der Waals surface area contributed by atoms with E-state index < -0.39 is 12.1 Å². The Labute approximate surface area is 119 Å². The molecule has 0 radical (unpaired) electrons. The molecule has 1 aliphatic heterocycles. The number of carbonyl (C=O) groups is 2. The molecule has 0 spiro atoms. The average molecular weight is 285 g/mol. The van der Waals surface area contributed by atoms with Crippen LogP contribution in [0.4, 0.5) is 0 Å². The van der Waals surface area contributed by atoms with Gasteiger partial charge in [0, 0.05) is 6.54 Å². The third-order valence-electron chi connectivity index (χ3n) is 4.03. The summed E-state index contributed by atoms with van der Waals surface area (Å²) in [6.07, 6.45) is 3.66. The van der Waals surface area contributed by atoms with Crippen molar-refractivity contribution in [2.45, 2.75) is 44.8 Å². The zero-order chi connectivity index (χ0) is 14.5. The highest BCUT2D eigenvalue weighted by Gasteiger charge is 2.29. The Morgan fingerprint density at radius 3 is 2.90 bits per heavy atom. The lowest BCUT2D eigenvalue weighted by Crippen LogP contribution is -2.49. The molecule has 2 aliphatic rings. The molecule has 0 aromatic heterocycles. The van der Waals surface area contributed by atoms with Crippen LogP contribution >= 0.6 is 0 Å². The predicted molar refractivity (Wildman–Crippen MR) is 71.3 cm³/mol. The standard InChI is InChI=1S/C14H23NO5/c1-10-3-2-4-11(7-10)20-9-13(16)15-5-6-19-12(8-15)14(17)18/h10-12H,2-9H2,1H3,(H,17,18)/t10-,11-,12+/m1/s1. The molecule has 0 unspecified atom stereocenters. The number of hydrogen-bond acceptors (Lipinski definition) is 4. The number of carboxylic acid groups (broad SMARTS) is 1. The maximum absolute atomic E-state index is 12.0. The van der Waals surface area contributed by atoms with Crippen LogP contribution in [0, 0.1) is 5.92 Å². The van der Waals surface area contributed by atoms with Gasteiger partial charge in [-0.2, -0.15) is 0 Å². The quantitative estimate of drug-likeness (QED) is 0.830. The number of carboxylic acids is 1. The van der Waals surface area contributed by atoms with Crippen molar-refractivity contribution in [2.75, 3.05) is 26.3 Å². The van der Waals surface area contributed by atoms with Gasteiger partial charge in [-0.3, -0.25) is 4.79 Å². The Bertz CT molecular complexity index is 359. The van der Waals surface area contributed by atoms with E-state index in [-0.39, 0.29) is 31.8 Å². The van der Waals surface area contributed by atoms with Crippen molar-refractivity contribution in [3.05, 3.63) is 0 Å². The van der Waals surface area contributed by atoms with Crippen LogP contribution in [0.15, 0.2) is 0 Å². The number of carbonyl (C=O) groups excluding carboxylic acids is 1. The number of nitrogens with zero attached hydrogens (tertiary/aromatic N) is 1. The molecule has 1 aliphatic carbocycles. The highest BCUT2D eigenvalue weighted by molar-refractivity contribution is 5.79. The van der Waals surface area contributed by atoms with Gasteiger partial charge in [0.2, 0.25) is 5.91 Å². The van der Waals surface area contributed by atoms with Crippen molar-refractivity contribution in [2.24, 2.45) is 5.92 Å². The number of hydrogen-bond donors (Lipinski definition) is 1. The summed E-state index contributed by atoms with van der Waals surface area (Å²) in [4.78, 5) is 24.4. The first-order valence-corrected chi connectivity index (χ1v) is 7.30. The fraction of sp³-hybridized carbons (Fsp3) is 0.857. The lowest BCUT2D eigenvalue weighted by molar-refractivity contribution is -0.161. The lowest BCUT2D eigenvalue weighted by Gasteiger charge is -2.32. The van der Waals surface area contributed by atoms with Gasteiger partial charge in [0.15, 0.2) is 6.10 Å². The molecule has 3 atom stereocenters. The van der Waals surface area contributed by atoms with E-state index in [1.165, 1.54) is 11.3 Å². The van der Waals surface area contributed by atoms with Gasteiger partial charge >= 0.3 is 5.97 Å². The molecule has 1 amide bonds. The van der Waals surface area contributed by atoms with Crippen LogP contribution in [0.1, 0.15) is 32.6 Å². The Morgan fingerprint density at radius 2 is 2.20 bits per heavy atom. The molecule has 0 bridgehead atoms. The van der Waals surface area contributed by atoms with E-state index in [1.54, 1.807) is 0 Å². The monoisotopic (exact) mass is 285 g/mol. The average Bonchev–Trinajstić information content (AvgIpc) is 2.45. The zero-order valence-electron chi connectivity index (χ0n) is 11.9. The van der Waals surface area contributed by atoms with Crippen molar-refractivity contribution in [3.8, 4) is 0 Å². The minimum atomic E-state index is -1.02. The second-order valence-electron chi connectivity index (χ2n) is 5.74. The molecule has 0 aromatic rings. The molecule has 2 rings (SSSR count). The van der Waals surface area contributed by atoms with E-state index in [0.29, 0.717) is 12.5 Å². The zero-order valence-corrected chi connectivity index (χ0v) is 11.9. The van der Waals surface area contributed by atoms with Crippen molar-refractivity contribution < 1.29 is 24.2 Å². The minimum absolute atomic E-state index is 0.0454. The number of amides is 1. The van der Waals surface area contributed by atoms with Crippen LogP contribution in [-0.2, 0) is 19.1 Å². The van der Waals surface area contributed by atoms with E-state index in [1.807, 2.05) is 0 Å². The number of ether oxygens (including phenoxy) is 2. The predicted octanol–water partition coefficient (Wildman–Crippen LogP) is 0.894. The molecule has 0 aromatic carbocycles. The van der Waals surface area contributed by atoms with Crippen LogP contribution < -0.4 is 0 Å². The highest BCUT2D eigenvalue weighted by Crippen LogP contribution is 2.25. The lowest BCUT2D eigenvalue weighted by atomic mass is 9.89. The van der Waals surface area contributed by atoms with Crippen molar-refractivity contribution >= 4 is 11.9 Å². The first-order valence-electron chi connectivity index (χ1n) is 7.30. The van der Waals surface area contributed by atoms with Crippen LogP contribution in [-0.4, -0.2) is 60.4 Å². The number of morpholine rings is 1. The number of aliphatic carboxylic acids is 1. The Morgan fingerprint density at radius 1 is 1.40 bits per heavy atom. The van der Waals surface area contributed by atoms with E-state index in [2.05, 4.69) is 6.92 Å². The third kappa shape index (κ3) is 4.18. The largest absolute Gasteiger partial charge is 0.479 e. The molecular weight excluding hydrogens is 262 g/mol. The fourth-order valence-corrected chi connectivity index (χ4v) is 2.84. The molecule has 20 heavy (non-hydrogen) atoms. The van der Waals surface area contributed by atoms with Crippen molar-refractivity contribution in [1.29, 1.82) is 0 Å². The molecule has 1 saturated heterocycles. The maximum atomic E-state index is 12.0. The molecule has 6 heteroatoms. The van der Waals surface area contributed by atoms with Gasteiger partial charge in [-0.15, -0.1) is 0 Å². The SMILES string of the molecule is C[C@@H]1CCC[C@@H](OCC(=O)N2CCO[C@H](C(=O)O)C2)C1. The van der Waals surface area contributed by atoms with Crippen LogP contribution in [0.25, 0.3) is 0 Å². The van der Waals surface area contributed by atoms with E-state index in [0.717, 1.165) is 19.3 Å². The maximum Gasteiger partial charge on any atom is 0.334 e. The summed E-state index contributed by atoms with van der Waals surface area (Å²) < 4.78 is 10.8. The van der Waals surface area contributed by atoms with Gasteiger partial charge in [0.05, 0.1) is 19.3 Å². The molecule has 114 valence electrons. The van der Waals surface area contributed by atoms with E-state index in [4.69, 9.17) is 14.6 Å². The second-order valence-corrected chi connectivity index (χ2v) is 5.74. The fourth-order valence-electron chi connectivity index (χ4n) is 2.84. The third-order valence-corrected chi connectivity index (χ3v) is 4.03. The van der Waals surface area contributed by atoms with E-state index in [9.17, 15) is 9.59 Å². The molecule has 1 saturated carbocycles. The Balaban J connectivity index is 1.75. The van der Waals surface area contributed by atoms with Gasteiger partial charge in [0.1, 0.15) is 6.61 Å². The second kappa shape index (κ2) is 7.04. The normalized spacial score (nSPS) is 31.1. The first kappa shape index (κ1) is 15.3. The Kier molecular flexibility index (Phi) is 5.37. The Hall–Kier alpha value is -1.14. The van der Waals surface area contributed by atoms with Gasteiger partial charge in [0.25, 0.3) is 0 Å². The highest BCUT2D eigenvalue weighted by atomic mass is 16.5. The summed E-state index contributed by atoms with van der Waals surface area (Å²) in [6.45, 7) is 3.06. The summed E-state index contributed by atoms with van der Waals surface area (Å²) in [5.41, 5.74) is 0. The van der Waals surface area contributed by atoms with Crippen LogP contribution in [0.2, 0.25) is 0 Å². The van der Waals surface area contributed by atoms with Gasteiger partial charge in [-0.1, -0.05) is 19.8 Å². The summed E-state index contributed by atoms with van der Waals surface area (Å²) in [7, 11) is 0. The smallest absolute Gasteiger partial charge is 0.334 e. The molecule has 1 N–H and O–H groups in total. The van der Waals surface area contributed by atoms with Crippen molar-refractivity contribution in [3.63, 3.8) is 0 Å². The molecule has 1 heterocycles. The first-order chi connectivity index (χ1) is 9.56. The molecule has 6 nitrogen and oxygen atoms in total. The van der Waals surface area contributed by atoms with Crippen LogP contribution in [0.3, 0.4) is 0 Å². The summed E-state index contributed by atoms with van der Waals surface area (Å²) in [5, 5.41) is 8.91.